The molecule has 0 aliphatic carbocycles. The minimum atomic E-state index is -1.05. The number of carbonyl (C=O) groups is 2. The van der Waals surface area contributed by atoms with Crippen molar-refractivity contribution < 1.29 is 19.4 Å². The van der Waals surface area contributed by atoms with Crippen LogP contribution in [0.2, 0.25) is 0 Å². The molecule has 0 bridgehead atoms. The van der Waals surface area contributed by atoms with E-state index in [0.717, 1.165) is 16.2 Å². The number of rotatable bonds is 8. The lowest BCUT2D eigenvalue weighted by atomic mass is 10.2. The van der Waals surface area contributed by atoms with Crippen molar-refractivity contribution in [2.45, 2.75) is 11.4 Å². The number of halogens is 1. The highest BCUT2D eigenvalue weighted by atomic mass is 35.5. The summed E-state index contributed by atoms with van der Waals surface area (Å²) in [5.41, 5.74) is 1.03. The van der Waals surface area contributed by atoms with Gasteiger partial charge in [-0.25, -0.2) is 0 Å². The van der Waals surface area contributed by atoms with Crippen molar-refractivity contribution in [3.05, 3.63) is 23.8 Å². The second-order valence-electron chi connectivity index (χ2n) is 4.53. The monoisotopic (exact) mass is 348 g/mol. The van der Waals surface area contributed by atoms with Crippen LogP contribution in [0, 0.1) is 0 Å². The fourth-order valence-corrected chi connectivity index (χ4v) is 2.37. The Morgan fingerprint density at radius 3 is 2.64 bits per heavy atom. The Bertz CT molecular complexity index is 514. The van der Waals surface area contributed by atoms with Gasteiger partial charge in [-0.2, -0.15) is 0 Å². The van der Waals surface area contributed by atoms with Crippen molar-refractivity contribution in [3.8, 4) is 5.75 Å². The Labute approximate surface area is 140 Å². The molecule has 0 fully saturated rings. The van der Waals surface area contributed by atoms with E-state index >= 15 is 0 Å². The number of carboxylic acids is 1. The van der Waals surface area contributed by atoms with Gasteiger partial charge in [0.05, 0.1) is 13.7 Å². The van der Waals surface area contributed by atoms with Gasteiger partial charge in [0.15, 0.2) is 0 Å². The van der Waals surface area contributed by atoms with Gasteiger partial charge in [-0.1, -0.05) is 6.07 Å². The predicted molar refractivity (Wildman–Crippen MR) is 89.0 cm³/mol. The van der Waals surface area contributed by atoms with Crippen LogP contribution in [0.25, 0.3) is 0 Å². The lowest BCUT2D eigenvalue weighted by Crippen LogP contribution is -2.37. The summed E-state index contributed by atoms with van der Waals surface area (Å²) in [7, 11) is 3.43. The lowest BCUT2D eigenvalue weighted by Gasteiger charge is -2.17. The highest BCUT2D eigenvalue weighted by Crippen LogP contribution is 2.28. The molecule has 22 heavy (non-hydrogen) atoms. The van der Waals surface area contributed by atoms with Crippen molar-refractivity contribution in [1.29, 1.82) is 0 Å². The standard InChI is InChI=1S/C14H20N2O4S.ClH/c1-16(9-13(17)15-7-14(18)19)8-10-4-5-12(21-3)11(6-10)20-2;/h4-6H,7-9H2,1-3H3,(H,15,17)(H,18,19);1H. The van der Waals surface area contributed by atoms with Gasteiger partial charge in [-0.15, -0.1) is 24.2 Å². The summed E-state index contributed by atoms with van der Waals surface area (Å²) >= 11 is 1.61. The minimum absolute atomic E-state index is 0. The van der Waals surface area contributed by atoms with Crippen LogP contribution in [-0.4, -0.2) is 55.4 Å². The molecule has 0 heterocycles. The van der Waals surface area contributed by atoms with Crippen LogP contribution in [0.5, 0.6) is 5.75 Å². The van der Waals surface area contributed by atoms with Gasteiger partial charge in [-0.05, 0) is 31.0 Å². The average Bonchev–Trinajstić information content (AvgIpc) is 2.44. The summed E-state index contributed by atoms with van der Waals surface area (Å²) < 4.78 is 5.32. The third kappa shape index (κ3) is 7.02. The number of hydrogen-bond acceptors (Lipinski definition) is 5. The van der Waals surface area contributed by atoms with Crippen molar-refractivity contribution in [1.82, 2.24) is 10.2 Å². The molecule has 1 rings (SSSR count). The van der Waals surface area contributed by atoms with E-state index in [9.17, 15) is 9.59 Å². The highest BCUT2D eigenvalue weighted by molar-refractivity contribution is 7.98. The third-order valence-corrected chi connectivity index (χ3v) is 3.53. The molecule has 0 saturated carbocycles. The van der Waals surface area contributed by atoms with Gasteiger partial charge in [0.25, 0.3) is 0 Å². The number of aliphatic carboxylic acids is 1. The van der Waals surface area contributed by atoms with Crippen LogP contribution >= 0.6 is 24.2 Å². The first-order valence-electron chi connectivity index (χ1n) is 6.34. The Balaban J connectivity index is 0.00000441. The molecule has 1 aromatic rings. The molecule has 0 aliphatic heterocycles. The Kier molecular flexibility index (Phi) is 9.64. The van der Waals surface area contributed by atoms with E-state index in [1.54, 1.807) is 25.9 Å². The summed E-state index contributed by atoms with van der Waals surface area (Å²) in [6.45, 7) is 0.355. The zero-order chi connectivity index (χ0) is 15.8. The van der Waals surface area contributed by atoms with Crippen molar-refractivity contribution in [3.63, 3.8) is 0 Å². The number of carbonyl (C=O) groups excluding carboxylic acids is 1. The Morgan fingerprint density at radius 1 is 1.41 bits per heavy atom. The van der Waals surface area contributed by atoms with E-state index in [4.69, 9.17) is 9.84 Å². The molecule has 0 aliphatic rings. The molecule has 0 spiro atoms. The maximum absolute atomic E-state index is 11.5. The highest BCUT2D eigenvalue weighted by Gasteiger charge is 2.10. The number of nitrogens with zero attached hydrogens (tertiary/aromatic N) is 1. The molecule has 0 atom stereocenters. The quantitative estimate of drug-likeness (QED) is 0.693. The predicted octanol–water partition coefficient (Wildman–Crippen LogP) is 1.47. The van der Waals surface area contributed by atoms with E-state index in [1.165, 1.54) is 0 Å². The average molecular weight is 349 g/mol. The number of thioether (sulfide) groups is 1. The SMILES string of the molecule is COc1cc(CN(C)CC(=O)NCC(=O)O)ccc1SC.Cl. The van der Waals surface area contributed by atoms with Crippen molar-refractivity contribution >= 4 is 36.0 Å². The maximum Gasteiger partial charge on any atom is 0.322 e. The molecule has 0 radical (unpaired) electrons. The first kappa shape index (κ1) is 20.6. The zero-order valence-corrected chi connectivity index (χ0v) is 14.4. The van der Waals surface area contributed by atoms with Gasteiger partial charge in [0.2, 0.25) is 5.91 Å². The Hall–Kier alpha value is -1.44. The number of nitrogens with one attached hydrogen (secondary N) is 1. The van der Waals surface area contributed by atoms with Gasteiger partial charge in [0.1, 0.15) is 12.3 Å². The van der Waals surface area contributed by atoms with E-state index in [2.05, 4.69) is 5.32 Å². The number of methoxy groups -OCH3 is 1. The molecule has 0 aromatic heterocycles. The summed E-state index contributed by atoms with van der Waals surface area (Å²) in [6.07, 6.45) is 1.98. The molecule has 0 unspecified atom stereocenters. The third-order valence-electron chi connectivity index (χ3n) is 2.75. The molecule has 1 aromatic carbocycles. The van der Waals surface area contributed by atoms with Crippen LogP contribution in [0.1, 0.15) is 5.56 Å². The first-order chi connectivity index (χ1) is 9.96. The first-order valence-corrected chi connectivity index (χ1v) is 7.56. The number of benzene rings is 1. The minimum Gasteiger partial charge on any atom is -0.496 e. The second kappa shape index (κ2) is 10.3. The topological polar surface area (TPSA) is 78.9 Å². The molecular weight excluding hydrogens is 328 g/mol. The van der Waals surface area contributed by atoms with Crippen molar-refractivity contribution in [2.75, 3.05) is 33.5 Å². The summed E-state index contributed by atoms with van der Waals surface area (Å²) in [5, 5.41) is 10.8. The fraction of sp³-hybridized carbons (Fsp3) is 0.429. The second-order valence-corrected chi connectivity index (χ2v) is 5.38. The summed E-state index contributed by atoms with van der Waals surface area (Å²) in [6, 6.07) is 5.91. The van der Waals surface area contributed by atoms with E-state index in [1.807, 2.05) is 29.4 Å². The molecular formula is C14H21ClN2O4S. The van der Waals surface area contributed by atoms with Gasteiger partial charge < -0.3 is 15.2 Å². The van der Waals surface area contributed by atoms with Crippen molar-refractivity contribution in [2.24, 2.45) is 0 Å². The van der Waals surface area contributed by atoms with Crippen LogP contribution in [0.15, 0.2) is 23.1 Å². The zero-order valence-electron chi connectivity index (χ0n) is 12.8. The van der Waals surface area contributed by atoms with Gasteiger partial charge in [-0.3, -0.25) is 14.5 Å². The smallest absolute Gasteiger partial charge is 0.322 e. The normalized spacial score (nSPS) is 10.0. The molecule has 1 amide bonds. The number of hydrogen-bond donors (Lipinski definition) is 2. The fourth-order valence-electron chi connectivity index (χ4n) is 1.82. The Morgan fingerprint density at radius 2 is 2.09 bits per heavy atom. The van der Waals surface area contributed by atoms with Crippen LogP contribution in [0.3, 0.4) is 0 Å². The van der Waals surface area contributed by atoms with Crippen LogP contribution in [0.4, 0.5) is 0 Å². The summed E-state index contributed by atoms with van der Waals surface area (Å²) in [4.78, 5) is 24.8. The number of carboxylic acid groups (broad SMARTS) is 1. The maximum atomic E-state index is 11.5. The molecule has 2 N–H and O–H groups in total. The summed E-state index contributed by atoms with van der Waals surface area (Å²) in [5.74, 6) is -0.556. The molecule has 6 nitrogen and oxygen atoms in total. The van der Waals surface area contributed by atoms with Gasteiger partial charge >= 0.3 is 5.97 Å². The molecule has 8 heteroatoms. The molecule has 0 saturated heterocycles. The van der Waals surface area contributed by atoms with Crippen LogP contribution in [-0.2, 0) is 16.1 Å². The lowest BCUT2D eigenvalue weighted by molar-refractivity contribution is -0.138. The van der Waals surface area contributed by atoms with Crippen LogP contribution < -0.4 is 10.1 Å². The number of likely N-dealkylation sites (N-methyl/N-ethyl adjacent to an activating group) is 1. The number of ether oxygens (including phenoxy) is 1. The van der Waals surface area contributed by atoms with Gasteiger partial charge in [0, 0.05) is 11.4 Å². The van der Waals surface area contributed by atoms with E-state index in [0.29, 0.717) is 6.54 Å². The largest absolute Gasteiger partial charge is 0.496 e. The van der Waals surface area contributed by atoms with E-state index < -0.39 is 5.97 Å². The molecule has 124 valence electrons. The van der Waals surface area contributed by atoms with E-state index in [-0.39, 0.29) is 31.4 Å². The number of amides is 1.